The van der Waals surface area contributed by atoms with E-state index in [2.05, 4.69) is 9.84 Å². The van der Waals surface area contributed by atoms with E-state index in [1.165, 1.54) is 7.11 Å². The number of fused-ring (bicyclic) bond motifs is 1. The summed E-state index contributed by atoms with van der Waals surface area (Å²) in [7, 11) is 1.41. The van der Waals surface area contributed by atoms with Gasteiger partial charge in [0.1, 0.15) is 5.52 Å². The number of carboxylic acid groups (broad SMARTS) is 1. The van der Waals surface area contributed by atoms with Crippen molar-refractivity contribution in [1.82, 2.24) is 5.10 Å². The summed E-state index contributed by atoms with van der Waals surface area (Å²) < 4.78 is 38.2. The zero-order valence-corrected chi connectivity index (χ0v) is 12.8. The Balaban J connectivity index is 0.000000351. The van der Waals surface area contributed by atoms with Gasteiger partial charge in [-0.15, -0.1) is 0 Å². The van der Waals surface area contributed by atoms with E-state index >= 15 is 0 Å². The Morgan fingerprint density at radius 3 is 2.46 bits per heavy atom. The number of benzene rings is 1. The summed E-state index contributed by atoms with van der Waals surface area (Å²) in [5, 5.41) is 12.7. The number of ether oxygens (including phenoxy) is 1. The Kier molecular flexibility index (Phi) is 7.09. The van der Waals surface area contributed by atoms with Crippen LogP contribution in [0.15, 0.2) is 36.5 Å². The second-order valence-corrected chi connectivity index (χ2v) is 4.62. The molecule has 0 fully saturated rings. The SMILES string of the molecule is COC(=O)CCC[n+]1ccc2ccccc2n1.O=C(O)C(F)(F)F. The van der Waals surface area contributed by atoms with Crippen molar-refractivity contribution in [3.63, 3.8) is 0 Å². The summed E-state index contributed by atoms with van der Waals surface area (Å²) in [6.07, 6.45) is -1.99. The molecule has 2 aromatic rings. The molecule has 1 aromatic heterocycles. The first-order valence-electron chi connectivity index (χ1n) is 6.86. The summed E-state index contributed by atoms with van der Waals surface area (Å²) in [4.78, 5) is 19.9. The van der Waals surface area contributed by atoms with E-state index < -0.39 is 12.1 Å². The smallest absolute Gasteiger partial charge is 0.475 e. The fraction of sp³-hybridized carbons (Fsp3) is 0.333. The van der Waals surface area contributed by atoms with Crippen LogP contribution in [0.3, 0.4) is 0 Å². The molecule has 0 saturated carbocycles. The molecule has 0 amide bonds. The fourth-order valence-corrected chi connectivity index (χ4v) is 1.67. The van der Waals surface area contributed by atoms with Crippen molar-refractivity contribution in [2.24, 2.45) is 0 Å². The van der Waals surface area contributed by atoms with Crippen LogP contribution in [-0.2, 0) is 20.9 Å². The minimum absolute atomic E-state index is 0.175. The summed E-state index contributed by atoms with van der Waals surface area (Å²) in [5.74, 6) is -2.93. The molecule has 0 aliphatic heterocycles. The molecular formula is C15H16F3N2O4+. The zero-order chi connectivity index (χ0) is 18.2. The van der Waals surface area contributed by atoms with Crippen molar-refractivity contribution in [2.45, 2.75) is 25.6 Å². The number of aryl methyl sites for hydroxylation is 1. The lowest BCUT2D eigenvalue weighted by Crippen LogP contribution is -2.37. The first-order chi connectivity index (χ1) is 11.2. The van der Waals surface area contributed by atoms with Gasteiger partial charge in [-0.1, -0.05) is 22.9 Å². The highest BCUT2D eigenvalue weighted by atomic mass is 19.4. The minimum Gasteiger partial charge on any atom is -0.475 e. The standard InChI is InChI=1S/C13H15N2O2.C2HF3O2/c1-17-13(16)7-4-9-15-10-8-11-5-2-3-6-12(11)14-15;3-2(4,5)1(6)7/h2-3,5-6,8,10H,4,7,9H2,1H3;(H,6,7)/q+1;. The van der Waals surface area contributed by atoms with Gasteiger partial charge in [0.05, 0.1) is 13.5 Å². The van der Waals surface area contributed by atoms with E-state index in [1.54, 1.807) is 0 Å². The van der Waals surface area contributed by atoms with Crippen LogP contribution in [0, 0.1) is 0 Å². The molecular weight excluding hydrogens is 329 g/mol. The van der Waals surface area contributed by atoms with Crippen LogP contribution in [0.4, 0.5) is 13.2 Å². The van der Waals surface area contributed by atoms with Crippen LogP contribution < -0.4 is 4.68 Å². The average Bonchev–Trinajstić information content (AvgIpc) is 2.54. The van der Waals surface area contributed by atoms with Gasteiger partial charge < -0.3 is 9.84 Å². The summed E-state index contributed by atoms with van der Waals surface area (Å²) in [6.45, 7) is 0.722. The molecule has 0 bridgehead atoms. The lowest BCUT2D eigenvalue weighted by molar-refractivity contribution is -0.751. The summed E-state index contributed by atoms with van der Waals surface area (Å²) in [5.41, 5.74) is 0.966. The van der Waals surface area contributed by atoms with Crippen molar-refractivity contribution in [3.05, 3.63) is 36.5 Å². The molecule has 2 rings (SSSR count). The van der Waals surface area contributed by atoms with Crippen molar-refractivity contribution in [1.29, 1.82) is 0 Å². The minimum atomic E-state index is -5.08. The van der Waals surface area contributed by atoms with E-state index in [4.69, 9.17) is 9.90 Å². The Hall–Kier alpha value is -2.71. The highest BCUT2D eigenvalue weighted by Crippen LogP contribution is 2.13. The van der Waals surface area contributed by atoms with Gasteiger partial charge >= 0.3 is 18.1 Å². The Bertz CT molecular complexity index is 704. The molecule has 130 valence electrons. The number of aromatic nitrogens is 2. The Morgan fingerprint density at radius 1 is 1.25 bits per heavy atom. The molecule has 0 aliphatic carbocycles. The first-order valence-corrected chi connectivity index (χ1v) is 6.86. The lowest BCUT2D eigenvalue weighted by atomic mass is 10.2. The highest BCUT2D eigenvalue weighted by Gasteiger charge is 2.38. The van der Waals surface area contributed by atoms with Crippen molar-refractivity contribution in [2.75, 3.05) is 7.11 Å². The second-order valence-electron chi connectivity index (χ2n) is 4.62. The number of esters is 1. The number of methoxy groups -OCH3 is 1. The number of alkyl halides is 3. The maximum Gasteiger partial charge on any atom is 0.490 e. The van der Waals surface area contributed by atoms with Crippen LogP contribution in [0.5, 0.6) is 0 Å². The second kappa shape index (κ2) is 8.80. The molecule has 1 N–H and O–H groups in total. The van der Waals surface area contributed by atoms with E-state index in [0.29, 0.717) is 6.42 Å². The molecule has 0 aliphatic rings. The van der Waals surface area contributed by atoms with Crippen LogP contribution >= 0.6 is 0 Å². The third kappa shape index (κ3) is 6.59. The summed E-state index contributed by atoms with van der Waals surface area (Å²) >= 11 is 0. The molecule has 0 saturated heterocycles. The molecule has 0 unspecified atom stereocenters. The quantitative estimate of drug-likeness (QED) is 0.678. The number of hydrogen-bond donors (Lipinski definition) is 1. The zero-order valence-electron chi connectivity index (χ0n) is 12.8. The number of nitrogens with zero attached hydrogens (tertiary/aromatic N) is 2. The molecule has 24 heavy (non-hydrogen) atoms. The molecule has 1 aromatic carbocycles. The molecule has 6 nitrogen and oxygen atoms in total. The fourth-order valence-electron chi connectivity index (χ4n) is 1.67. The number of halogens is 3. The number of carbonyl (C=O) groups excluding carboxylic acids is 1. The van der Waals surface area contributed by atoms with Gasteiger partial charge in [-0.2, -0.15) is 13.2 Å². The van der Waals surface area contributed by atoms with Crippen LogP contribution in [0.2, 0.25) is 0 Å². The number of carbonyl (C=O) groups is 2. The van der Waals surface area contributed by atoms with E-state index in [0.717, 1.165) is 23.9 Å². The summed E-state index contributed by atoms with van der Waals surface area (Å²) in [6, 6.07) is 9.99. The Morgan fingerprint density at radius 2 is 1.88 bits per heavy atom. The average molecular weight is 345 g/mol. The number of rotatable bonds is 4. The molecule has 1 heterocycles. The van der Waals surface area contributed by atoms with E-state index in [1.807, 2.05) is 41.2 Å². The maximum atomic E-state index is 11.0. The van der Waals surface area contributed by atoms with Crippen LogP contribution in [0.25, 0.3) is 10.9 Å². The first kappa shape index (κ1) is 19.3. The van der Waals surface area contributed by atoms with Gasteiger partial charge in [0, 0.05) is 23.0 Å². The van der Waals surface area contributed by atoms with Crippen molar-refractivity contribution >= 4 is 22.8 Å². The molecule has 0 spiro atoms. The van der Waals surface area contributed by atoms with E-state index in [-0.39, 0.29) is 5.97 Å². The lowest BCUT2D eigenvalue weighted by Gasteiger charge is -1.97. The van der Waals surface area contributed by atoms with Gasteiger partial charge in [-0.25, -0.2) is 4.79 Å². The van der Waals surface area contributed by atoms with Gasteiger partial charge in [0.2, 0.25) is 0 Å². The molecule has 9 heteroatoms. The van der Waals surface area contributed by atoms with Crippen LogP contribution in [-0.4, -0.2) is 35.4 Å². The monoisotopic (exact) mass is 345 g/mol. The van der Waals surface area contributed by atoms with Gasteiger partial charge in [0.25, 0.3) is 0 Å². The maximum absolute atomic E-state index is 11.0. The molecule has 0 atom stereocenters. The normalized spacial score (nSPS) is 10.7. The molecule has 0 radical (unpaired) electrons. The Labute approximate surface area is 135 Å². The topological polar surface area (TPSA) is 80.4 Å². The van der Waals surface area contributed by atoms with E-state index in [9.17, 15) is 18.0 Å². The van der Waals surface area contributed by atoms with Gasteiger partial charge in [0.15, 0.2) is 12.7 Å². The highest BCUT2D eigenvalue weighted by molar-refractivity contribution is 5.76. The van der Waals surface area contributed by atoms with Gasteiger partial charge in [-0.05, 0) is 6.07 Å². The number of hydrogen-bond acceptors (Lipinski definition) is 4. The van der Waals surface area contributed by atoms with Crippen molar-refractivity contribution in [3.8, 4) is 0 Å². The third-order valence-electron chi connectivity index (χ3n) is 2.84. The van der Waals surface area contributed by atoms with Gasteiger partial charge in [-0.3, -0.25) is 4.79 Å². The largest absolute Gasteiger partial charge is 0.490 e. The third-order valence-corrected chi connectivity index (χ3v) is 2.84. The predicted molar refractivity (Wildman–Crippen MR) is 76.9 cm³/mol. The number of aliphatic carboxylic acids is 1. The predicted octanol–water partition coefficient (Wildman–Crippen LogP) is 2.11. The van der Waals surface area contributed by atoms with Crippen molar-refractivity contribution < 1.29 is 37.3 Å². The van der Waals surface area contributed by atoms with Crippen LogP contribution in [0.1, 0.15) is 12.8 Å². The number of carboxylic acids is 1.